The van der Waals surface area contributed by atoms with Crippen LogP contribution >= 0.6 is 11.3 Å². The zero-order valence-electron chi connectivity index (χ0n) is 13.8. The quantitative estimate of drug-likeness (QED) is 0.945. The van der Waals surface area contributed by atoms with E-state index in [1.165, 1.54) is 11.3 Å². The fourth-order valence-electron chi connectivity index (χ4n) is 3.46. The molecule has 1 saturated heterocycles. The summed E-state index contributed by atoms with van der Waals surface area (Å²) in [6.45, 7) is 10.9. The van der Waals surface area contributed by atoms with Crippen molar-refractivity contribution in [1.29, 1.82) is 0 Å². The summed E-state index contributed by atoms with van der Waals surface area (Å²) in [5, 5.41) is 5.01. The molecule has 1 aliphatic rings. The fourth-order valence-corrected chi connectivity index (χ4v) is 4.22. The molecule has 1 N–H and O–H groups in total. The van der Waals surface area contributed by atoms with Crippen LogP contribution in [0.2, 0.25) is 0 Å². The van der Waals surface area contributed by atoms with Crippen molar-refractivity contribution in [1.82, 2.24) is 14.7 Å². The summed E-state index contributed by atoms with van der Waals surface area (Å²) in [6.07, 6.45) is 2.83. The molecule has 3 heterocycles. The van der Waals surface area contributed by atoms with Crippen molar-refractivity contribution in [2.45, 2.75) is 52.2 Å². The molecule has 1 unspecified atom stereocenters. The maximum atomic E-state index is 12.6. The van der Waals surface area contributed by atoms with Gasteiger partial charge in [0.1, 0.15) is 5.69 Å². The Morgan fingerprint density at radius 2 is 2.23 bits per heavy atom. The summed E-state index contributed by atoms with van der Waals surface area (Å²) in [5.74, 6) is 0.238. The van der Waals surface area contributed by atoms with Crippen LogP contribution in [-0.4, -0.2) is 33.0 Å². The molecule has 0 aliphatic carbocycles. The van der Waals surface area contributed by atoms with Crippen LogP contribution in [0.25, 0.3) is 4.96 Å². The highest BCUT2D eigenvalue weighted by Gasteiger charge is 2.45. The minimum atomic E-state index is -0.221. The molecule has 0 aromatic carbocycles. The number of imidazole rings is 1. The first-order valence-corrected chi connectivity index (χ1v) is 8.48. The van der Waals surface area contributed by atoms with Gasteiger partial charge < -0.3 is 10.1 Å². The first kappa shape index (κ1) is 15.5. The van der Waals surface area contributed by atoms with E-state index in [-0.39, 0.29) is 17.1 Å². The largest absolute Gasteiger partial charge is 0.369 e. The Bertz CT molecular complexity index is 714. The predicted molar refractivity (Wildman–Crippen MR) is 87.5 cm³/mol. The van der Waals surface area contributed by atoms with Crippen LogP contribution in [0.3, 0.4) is 0 Å². The molecule has 120 valence electrons. The third kappa shape index (κ3) is 2.65. The lowest BCUT2D eigenvalue weighted by molar-refractivity contribution is -0.0740. The van der Waals surface area contributed by atoms with Crippen LogP contribution in [0.1, 0.15) is 50.3 Å². The van der Waals surface area contributed by atoms with Gasteiger partial charge in [0, 0.05) is 24.0 Å². The summed E-state index contributed by atoms with van der Waals surface area (Å²) < 4.78 is 7.94. The normalized spacial score (nSPS) is 23.0. The molecule has 0 bridgehead atoms. The number of aromatic nitrogens is 2. The van der Waals surface area contributed by atoms with Crippen LogP contribution in [0.4, 0.5) is 0 Å². The van der Waals surface area contributed by atoms with Crippen molar-refractivity contribution in [3.63, 3.8) is 0 Å². The van der Waals surface area contributed by atoms with E-state index in [9.17, 15) is 4.79 Å². The van der Waals surface area contributed by atoms with Gasteiger partial charge in [-0.15, -0.1) is 11.3 Å². The van der Waals surface area contributed by atoms with Crippen LogP contribution < -0.4 is 5.32 Å². The van der Waals surface area contributed by atoms with E-state index in [0.717, 1.165) is 17.1 Å². The molecule has 3 rings (SSSR count). The number of hydrogen-bond acceptors (Lipinski definition) is 4. The number of rotatable bonds is 3. The lowest BCUT2D eigenvalue weighted by atomic mass is 9.87. The molecule has 1 fully saturated rings. The lowest BCUT2D eigenvalue weighted by Gasteiger charge is -2.27. The highest BCUT2D eigenvalue weighted by molar-refractivity contribution is 7.15. The van der Waals surface area contributed by atoms with Gasteiger partial charge in [0.2, 0.25) is 0 Å². The second-order valence-corrected chi connectivity index (χ2v) is 8.05. The van der Waals surface area contributed by atoms with Gasteiger partial charge in [0.15, 0.2) is 4.96 Å². The summed E-state index contributed by atoms with van der Waals surface area (Å²) >= 11 is 1.53. The number of hydrogen-bond donors (Lipinski definition) is 1. The highest BCUT2D eigenvalue weighted by Crippen LogP contribution is 2.41. The monoisotopic (exact) mass is 321 g/mol. The third-order valence-corrected chi connectivity index (χ3v) is 5.18. The smallest absolute Gasteiger partial charge is 0.270 e. The van der Waals surface area contributed by atoms with E-state index in [1.54, 1.807) is 0 Å². The molecule has 2 aromatic rings. The number of thiazole rings is 1. The highest BCUT2D eigenvalue weighted by atomic mass is 32.1. The minimum Gasteiger partial charge on any atom is -0.369 e. The molecule has 5 nitrogen and oxygen atoms in total. The van der Waals surface area contributed by atoms with E-state index in [2.05, 4.69) is 38.0 Å². The Labute approximate surface area is 134 Å². The van der Waals surface area contributed by atoms with Gasteiger partial charge in [0.05, 0.1) is 16.9 Å². The van der Waals surface area contributed by atoms with E-state index >= 15 is 0 Å². The van der Waals surface area contributed by atoms with Crippen LogP contribution in [0.15, 0.2) is 11.6 Å². The third-order valence-electron chi connectivity index (χ3n) is 4.42. The van der Waals surface area contributed by atoms with E-state index in [0.29, 0.717) is 18.2 Å². The van der Waals surface area contributed by atoms with E-state index in [1.807, 2.05) is 22.9 Å². The molecule has 22 heavy (non-hydrogen) atoms. The summed E-state index contributed by atoms with van der Waals surface area (Å²) in [5.41, 5.74) is 1.05. The molecule has 1 amide bonds. The van der Waals surface area contributed by atoms with Crippen LogP contribution in [-0.2, 0) is 4.74 Å². The molecular formula is C16H23N3O2S. The molecule has 1 atom stereocenters. The second-order valence-electron chi connectivity index (χ2n) is 7.18. The summed E-state index contributed by atoms with van der Waals surface area (Å²) in [6, 6.07) is 0. The average molecular weight is 321 g/mol. The Balaban J connectivity index is 1.73. The van der Waals surface area contributed by atoms with Gasteiger partial charge in [-0.3, -0.25) is 9.20 Å². The van der Waals surface area contributed by atoms with Crippen molar-refractivity contribution >= 4 is 22.2 Å². The van der Waals surface area contributed by atoms with Crippen molar-refractivity contribution < 1.29 is 9.53 Å². The van der Waals surface area contributed by atoms with Gasteiger partial charge in [-0.25, -0.2) is 4.98 Å². The zero-order chi connectivity index (χ0) is 16.1. The number of carbonyl (C=O) groups is 1. The first-order chi connectivity index (χ1) is 10.2. The Morgan fingerprint density at radius 1 is 1.50 bits per heavy atom. The molecule has 2 aromatic heterocycles. The van der Waals surface area contributed by atoms with E-state index < -0.39 is 0 Å². The molecular weight excluding hydrogens is 298 g/mol. The zero-order valence-corrected chi connectivity index (χ0v) is 14.6. The van der Waals surface area contributed by atoms with Crippen LogP contribution in [0, 0.1) is 12.8 Å². The Kier molecular flexibility index (Phi) is 3.57. The fraction of sp³-hybridized carbons (Fsp3) is 0.625. The van der Waals surface area contributed by atoms with Gasteiger partial charge >= 0.3 is 0 Å². The number of carbonyl (C=O) groups excluding carboxylic acids is 1. The second kappa shape index (κ2) is 5.06. The van der Waals surface area contributed by atoms with E-state index in [4.69, 9.17) is 4.74 Å². The number of fused-ring (bicyclic) bond motifs is 1. The number of aryl methyl sites for hydroxylation is 1. The average Bonchev–Trinajstić information content (AvgIpc) is 2.97. The molecule has 1 aliphatic heterocycles. The number of amides is 1. The predicted octanol–water partition coefficient (Wildman–Crippen LogP) is 3.03. The first-order valence-electron chi connectivity index (χ1n) is 7.60. The summed E-state index contributed by atoms with van der Waals surface area (Å²) in [7, 11) is 0. The maximum Gasteiger partial charge on any atom is 0.270 e. The Morgan fingerprint density at radius 3 is 2.86 bits per heavy atom. The van der Waals surface area contributed by atoms with Crippen molar-refractivity contribution in [2.75, 3.05) is 6.54 Å². The molecule has 6 heteroatoms. The number of nitrogens with one attached hydrogen (secondary N) is 1. The van der Waals surface area contributed by atoms with Crippen LogP contribution in [0.5, 0.6) is 0 Å². The molecule has 0 saturated carbocycles. The van der Waals surface area contributed by atoms with Crippen molar-refractivity contribution in [3.8, 4) is 0 Å². The lowest BCUT2D eigenvalue weighted by Crippen LogP contribution is -2.38. The van der Waals surface area contributed by atoms with Crippen molar-refractivity contribution in [3.05, 3.63) is 23.0 Å². The summed E-state index contributed by atoms with van der Waals surface area (Å²) in [4.78, 5) is 17.8. The van der Waals surface area contributed by atoms with Gasteiger partial charge in [-0.2, -0.15) is 0 Å². The molecule has 0 spiro atoms. The molecule has 0 radical (unpaired) electrons. The number of nitrogens with zero attached hydrogens (tertiary/aromatic N) is 2. The SMILES string of the molecule is Cc1nc2sccn2c1C(=O)NCC1CC(C)(C)OC1(C)C. The Hall–Kier alpha value is -1.40. The van der Waals surface area contributed by atoms with Gasteiger partial charge in [-0.05, 0) is 41.0 Å². The van der Waals surface area contributed by atoms with Gasteiger partial charge in [-0.1, -0.05) is 0 Å². The maximum absolute atomic E-state index is 12.6. The number of ether oxygens (including phenoxy) is 1. The topological polar surface area (TPSA) is 55.6 Å². The minimum absolute atomic E-state index is 0.0658. The van der Waals surface area contributed by atoms with Gasteiger partial charge in [0.25, 0.3) is 5.91 Å². The standard InChI is InChI=1S/C16H23N3O2S/c1-10-12(19-6-7-22-14(19)18-10)13(20)17-9-11-8-15(2,3)21-16(11,4)5/h6-7,11H,8-9H2,1-5H3,(H,17,20). The van der Waals surface area contributed by atoms with Crippen molar-refractivity contribution in [2.24, 2.45) is 5.92 Å².